The first-order chi connectivity index (χ1) is 15.1. The maximum absolute atomic E-state index is 12.9. The van der Waals surface area contributed by atoms with Gasteiger partial charge in [0.2, 0.25) is 0 Å². The third kappa shape index (κ3) is 5.61. The molecule has 7 nitrogen and oxygen atoms in total. The van der Waals surface area contributed by atoms with Crippen molar-refractivity contribution in [2.24, 2.45) is 0 Å². The van der Waals surface area contributed by atoms with Crippen LogP contribution in [0.3, 0.4) is 0 Å². The number of urea groups is 1. The summed E-state index contributed by atoms with van der Waals surface area (Å²) < 4.78 is 5.00. The molecule has 2 aromatic rings. The van der Waals surface area contributed by atoms with Crippen molar-refractivity contribution in [3.05, 3.63) is 47.1 Å². The molecule has 1 aliphatic rings. The lowest BCUT2D eigenvalue weighted by molar-refractivity contribution is 0.0526. The Hall–Kier alpha value is -2.58. The van der Waals surface area contributed by atoms with Gasteiger partial charge in [-0.15, -0.1) is 0 Å². The van der Waals surface area contributed by atoms with Crippen LogP contribution < -0.4 is 15.4 Å². The number of anilines is 2. The van der Waals surface area contributed by atoms with Crippen molar-refractivity contribution in [3.63, 3.8) is 0 Å². The SMILES string of the molecule is CCOC(=O)c1cnc(N2CCN(C(=O)Nc3ccc([Si](C)(C)C)cc3)[C@H](C)C2)c(Cl)c1. The molecule has 1 aromatic heterocycles. The van der Waals surface area contributed by atoms with Crippen LogP contribution in [-0.4, -0.2) is 62.2 Å². The van der Waals surface area contributed by atoms with E-state index in [1.54, 1.807) is 13.0 Å². The van der Waals surface area contributed by atoms with Crippen molar-refractivity contribution in [2.45, 2.75) is 39.5 Å². The molecule has 0 radical (unpaired) electrons. The Morgan fingerprint density at radius 3 is 2.47 bits per heavy atom. The third-order valence-corrected chi connectivity index (χ3v) is 7.87. The van der Waals surface area contributed by atoms with Crippen molar-refractivity contribution in [1.82, 2.24) is 9.88 Å². The molecule has 1 saturated heterocycles. The van der Waals surface area contributed by atoms with Gasteiger partial charge in [0.05, 0.1) is 25.3 Å². The summed E-state index contributed by atoms with van der Waals surface area (Å²) in [6.07, 6.45) is 1.48. The van der Waals surface area contributed by atoms with E-state index in [9.17, 15) is 9.59 Å². The van der Waals surface area contributed by atoms with E-state index in [0.29, 0.717) is 42.6 Å². The van der Waals surface area contributed by atoms with Gasteiger partial charge in [-0.3, -0.25) is 0 Å². The van der Waals surface area contributed by atoms with Gasteiger partial charge in [0.15, 0.2) is 0 Å². The van der Waals surface area contributed by atoms with Crippen molar-refractivity contribution < 1.29 is 14.3 Å². The van der Waals surface area contributed by atoms with Gasteiger partial charge in [-0.05, 0) is 32.0 Å². The average molecular weight is 475 g/mol. The van der Waals surface area contributed by atoms with Crippen LogP contribution in [0.2, 0.25) is 24.7 Å². The van der Waals surface area contributed by atoms with Crippen LogP contribution >= 0.6 is 11.6 Å². The van der Waals surface area contributed by atoms with Crippen molar-refractivity contribution in [3.8, 4) is 0 Å². The summed E-state index contributed by atoms with van der Waals surface area (Å²) in [5, 5.41) is 4.76. The predicted molar refractivity (Wildman–Crippen MR) is 132 cm³/mol. The van der Waals surface area contributed by atoms with Gasteiger partial charge < -0.3 is 19.9 Å². The highest BCUT2D eigenvalue weighted by Crippen LogP contribution is 2.27. The number of carbonyl (C=O) groups is 2. The van der Waals surface area contributed by atoms with E-state index in [4.69, 9.17) is 16.3 Å². The van der Waals surface area contributed by atoms with E-state index < -0.39 is 14.0 Å². The highest BCUT2D eigenvalue weighted by Gasteiger charge is 2.29. The number of amides is 2. The molecular weight excluding hydrogens is 444 g/mol. The second kappa shape index (κ2) is 9.91. The number of nitrogens with one attached hydrogen (secondary N) is 1. The molecule has 2 amide bonds. The smallest absolute Gasteiger partial charge is 0.339 e. The Morgan fingerprint density at radius 2 is 1.91 bits per heavy atom. The van der Waals surface area contributed by atoms with Gasteiger partial charge in [0, 0.05) is 37.6 Å². The maximum atomic E-state index is 12.9. The van der Waals surface area contributed by atoms with Crippen LogP contribution in [0.15, 0.2) is 36.5 Å². The van der Waals surface area contributed by atoms with E-state index in [1.807, 2.05) is 28.9 Å². The fourth-order valence-corrected chi connectivity index (χ4v) is 5.14. The molecule has 1 aromatic carbocycles. The number of benzene rings is 1. The number of pyridine rings is 1. The van der Waals surface area contributed by atoms with Gasteiger partial charge >= 0.3 is 12.0 Å². The van der Waals surface area contributed by atoms with Crippen LogP contribution in [0.5, 0.6) is 0 Å². The predicted octanol–water partition coefficient (Wildman–Crippen LogP) is 4.20. The Morgan fingerprint density at radius 1 is 1.22 bits per heavy atom. The molecule has 0 spiro atoms. The van der Waals surface area contributed by atoms with E-state index in [0.717, 1.165) is 5.69 Å². The highest BCUT2D eigenvalue weighted by molar-refractivity contribution is 6.88. The normalized spacial score (nSPS) is 16.6. The summed E-state index contributed by atoms with van der Waals surface area (Å²) in [4.78, 5) is 33.0. The van der Waals surface area contributed by atoms with E-state index in [-0.39, 0.29) is 12.1 Å². The molecule has 1 N–H and O–H groups in total. The molecule has 0 aliphatic carbocycles. The largest absolute Gasteiger partial charge is 0.462 e. The lowest BCUT2D eigenvalue weighted by atomic mass is 10.2. The summed E-state index contributed by atoms with van der Waals surface area (Å²) >= 11 is 6.40. The quantitative estimate of drug-likeness (QED) is 0.519. The standard InChI is InChI=1S/C23H31ClN4O3Si/c1-6-31-22(29)17-13-20(24)21(25-14-17)27-11-12-28(16(2)15-27)23(30)26-18-7-9-19(10-8-18)32(3,4)5/h7-10,13-14,16H,6,11-12,15H2,1-5H3,(H,26,30)/t16-/m1/s1. The van der Waals surface area contributed by atoms with Gasteiger partial charge in [0.25, 0.3) is 0 Å². The molecule has 172 valence electrons. The van der Waals surface area contributed by atoms with E-state index in [2.05, 4.69) is 42.1 Å². The lowest BCUT2D eigenvalue weighted by Gasteiger charge is -2.40. The second-order valence-electron chi connectivity index (χ2n) is 9.00. The van der Waals surface area contributed by atoms with Crippen LogP contribution in [0.25, 0.3) is 0 Å². The number of ether oxygens (including phenoxy) is 1. The summed E-state index contributed by atoms with van der Waals surface area (Å²) in [5.74, 6) is 0.162. The number of aromatic nitrogens is 1. The van der Waals surface area contributed by atoms with Gasteiger partial charge in [0.1, 0.15) is 5.82 Å². The van der Waals surface area contributed by atoms with Crippen LogP contribution in [0.4, 0.5) is 16.3 Å². The number of halogens is 1. The fourth-order valence-electron chi connectivity index (χ4n) is 3.69. The fraction of sp³-hybridized carbons (Fsp3) is 0.435. The summed E-state index contributed by atoms with van der Waals surface area (Å²) in [5.41, 5.74) is 1.12. The number of nitrogens with zero attached hydrogens (tertiary/aromatic N) is 3. The summed E-state index contributed by atoms with van der Waals surface area (Å²) in [6.45, 7) is 12.7. The second-order valence-corrected chi connectivity index (χ2v) is 14.5. The number of esters is 1. The van der Waals surface area contributed by atoms with Crippen LogP contribution in [0, 0.1) is 0 Å². The molecule has 0 saturated carbocycles. The minimum absolute atomic E-state index is 0.0346. The van der Waals surface area contributed by atoms with Gasteiger partial charge in [-0.2, -0.15) is 0 Å². The number of hydrogen-bond acceptors (Lipinski definition) is 5. The van der Waals surface area contributed by atoms with Crippen molar-refractivity contribution in [2.75, 3.05) is 36.5 Å². The molecular formula is C23H31ClN4O3Si. The zero-order chi connectivity index (χ0) is 23.5. The Kier molecular flexibility index (Phi) is 7.46. The topological polar surface area (TPSA) is 74.8 Å². The highest BCUT2D eigenvalue weighted by atomic mass is 35.5. The van der Waals surface area contributed by atoms with E-state index in [1.165, 1.54) is 11.4 Å². The molecule has 2 heterocycles. The molecule has 1 fully saturated rings. The summed E-state index contributed by atoms with van der Waals surface area (Å²) in [7, 11) is -1.37. The molecule has 0 unspecified atom stereocenters. The molecule has 1 atom stereocenters. The van der Waals surface area contributed by atoms with Crippen molar-refractivity contribution >= 4 is 48.4 Å². The molecule has 1 aliphatic heterocycles. The minimum Gasteiger partial charge on any atom is -0.462 e. The third-order valence-electron chi connectivity index (χ3n) is 5.52. The monoisotopic (exact) mass is 474 g/mol. The van der Waals surface area contributed by atoms with Gasteiger partial charge in [-0.25, -0.2) is 14.6 Å². The lowest BCUT2D eigenvalue weighted by Crippen LogP contribution is -2.55. The van der Waals surface area contributed by atoms with Crippen LogP contribution in [-0.2, 0) is 4.74 Å². The maximum Gasteiger partial charge on any atom is 0.339 e. The first kappa shape index (κ1) is 24.1. The first-order valence-corrected chi connectivity index (χ1v) is 14.7. The number of hydrogen-bond donors (Lipinski definition) is 1. The Bertz CT molecular complexity index is 978. The zero-order valence-corrected chi connectivity index (χ0v) is 21.1. The Balaban J connectivity index is 1.62. The molecule has 32 heavy (non-hydrogen) atoms. The number of piperazine rings is 1. The average Bonchev–Trinajstić information content (AvgIpc) is 2.73. The molecule has 3 rings (SSSR count). The minimum atomic E-state index is -1.37. The molecule has 9 heteroatoms. The summed E-state index contributed by atoms with van der Waals surface area (Å²) in [6, 6.07) is 9.59. The first-order valence-electron chi connectivity index (χ1n) is 10.9. The van der Waals surface area contributed by atoms with Crippen molar-refractivity contribution in [1.29, 1.82) is 0 Å². The van der Waals surface area contributed by atoms with Crippen LogP contribution in [0.1, 0.15) is 24.2 Å². The van der Waals surface area contributed by atoms with Gasteiger partial charge in [-0.1, -0.05) is 48.6 Å². The molecule has 0 bridgehead atoms. The Labute approximate surface area is 195 Å². The zero-order valence-electron chi connectivity index (χ0n) is 19.3. The van der Waals surface area contributed by atoms with E-state index >= 15 is 0 Å². The number of carbonyl (C=O) groups excluding carboxylic acids is 2. The number of rotatable bonds is 5.